The van der Waals surface area contributed by atoms with Crippen LogP contribution in [0, 0.1) is 5.92 Å². The zero-order chi connectivity index (χ0) is 20.8. The largest absolute Gasteiger partial charge is 0.347 e. The Bertz CT molecular complexity index is 969. The molecule has 3 aromatic rings. The maximum absolute atomic E-state index is 12.5. The lowest BCUT2D eigenvalue weighted by Crippen LogP contribution is -2.32. The van der Waals surface area contributed by atoms with Gasteiger partial charge in [0.2, 0.25) is 11.8 Å². The number of anilines is 1. The molecule has 0 saturated heterocycles. The first-order chi connectivity index (χ1) is 13.9. The van der Waals surface area contributed by atoms with Crippen molar-refractivity contribution in [2.24, 2.45) is 5.92 Å². The summed E-state index contributed by atoms with van der Waals surface area (Å²) in [7, 11) is 0. The first-order valence-electron chi connectivity index (χ1n) is 9.17. The number of thioether (sulfide) groups is 1. The number of carbonyl (C=O) groups is 2. The second kappa shape index (κ2) is 9.71. The van der Waals surface area contributed by atoms with Crippen LogP contribution in [-0.4, -0.2) is 32.3 Å². The molecule has 3 rings (SSSR count). The van der Waals surface area contributed by atoms with Crippen molar-refractivity contribution < 1.29 is 9.59 Å². The van der Waals surface area contributed by atoms with E-state index in [-0.39, 0.29) is 23.6 Å². The highest BCUT2D eigenvalue weighted by Gasteiger charge is 2.20. The van der Waals surface area contributed by atoms with E-state index in [4.69, 9.17) is 0 Å². The van der Waals surface area contributed by atoms with Gasteiger partial charge in [0.25, 0.3) is 0 Å². The Balaban J connectivity index is 1.66. The summed E-state index contributed by atoms with van der Waals surface area (Å²) in [6.45, 7) is 5.65. The van der Waals surface area contributed by atoms with Crippen molar-refractivity contribution in [1.29, 1.82) is 0 Å². The maximum Gasteiger partial charge on any atom is 0.230 e. The van der Waals surface area contributed by atoms with Gasteiger partial charge in [-0.3, -0.25) is 14.2 Å². The van der Waals surface area contributed by atoms with Crippen LogP contribution in [-0.2, 0) is 9.59 Å². The molecular formula is C20H23N5O2S2. The highest BCUT2D eigenvalue weighted by molar-refractivity contribution is 7.99. The number of aromatic nitrogens is 3. The van der Waals surface area contributed by atoms with Crippen LogP contribution >= 0.6 is 23.1 Å². The predicted molar refractivity (Wildman–Crippen MR) is 116 cm³/mol. The summed E-state index contributed by atoms with van der Waals surface area (Å²) < 4.78 is 1.79. The van der Waals surface area contributed by atoms with Crippen LogP contribution in [0.1, 0.15) is 31.7 Å². The molecule has 0 spiro atoms. The number of nitrogens with one attached hydrogen (secondary N) is 2. The van der Waals surface area contributed by atoms with Crippen molar-refractivity contribution in [3.63, 3.8) is 0 Å². The van der Waals surface area contributed by atoms with Crippen LogP contribution in [0.4, 0.5) is 5.69 Å². The fraction of sp³-hybridized carbons (Fsp3) is 0.300. The summed E-state index contributed by atoms with van der Waals surface area (Å²) in [6.07, 6.45) is 1.59. The van der Waals surface area contributed by atoms with Gasteiger partial charge in [-0.25, -0.2) is 0 Å². The molecule has 0 saturated carbocycles. The van der Waals surface area contributed by atoms with Gasteiger partial charge in [-0.15, -0.1) is 21.5 Å². The molecular weight excluding hydrogens is 406 g/mol. The number of carbonyl (C=O) groups excluding carboxylic acids is 2. The third kappa shape index (κ3) is 5.68. The summed E-state index contributed by atoms with van der Waals surface area (Å²) in [5.41, 5.74) is 1.50. The van der Waals surface area contributed by atoms with E-state index in [1.165, 1.54) is 18.7 Å². The van der Waals surface area contributed by atoms with Gasteiger partial charge in [0.1, 0.15) is 6.33 Å². The fourth-order valence-electron chi connectivity index (χ4n) is 2.82. The average molecular weight is 430 g/mol. The number of amides is 2. The van der Waals surface area contributed by atoms with Gasteiger partial charge < -0.3 is 10.6 Å². The number of benzene rings is 1. The molecule has 29 heavy (non-hydrogen) atoms. The standard InChI is InChI=1S/C20H23N5O2S2/c1-13(2)19(17-8-5-9-28-17)23-18(27)11-29-20-24-21-12-25(20)16-7-4-6-15(10-16)22-14(3)26/h4-10,12-13,19H,11H2,1-3H3,(H,22,26)(H,23,27)/t19-/m0/s1. The van der Waals surface area contributed by atoms with Gasteiger partial charge in [-0.05, 0) is 35.6 Å². The summed E-state index contributed by atoms with van der Waals surface area (Å²) in [4.78, 5) is 25.0. The highest BCUT2D eigenvalue weighted by Crippen LogP contribution is 2.26. The molecule has 2 aromatic heterocycles. The van der Waals surface area contributed by atoms with E-state index in [0.29, 0.717) is 16.8 Å². The molecule has 152 valence electrons. The van der Waals surface area contributed by atoms with Crippen molar-refractivity contribution in [3.8, 4) is 5.69 Å². The molecule has 2 heterocycles. The highest BCUT2D eigenvalue weighted by atomic mass is 32.2. The lowest BCUT2D eigenvalue weighted by Gasteiger charge is -2.21. The van der Waals surface area contributed by atoms with Crippen LogP contribution in [0.3, 0.4) is 0 Å². The first-order valence-corrected chi connectivity index (χ1v) is 11.0. The van der Waals surface area contributed by atoms with Crippen molar-refractivity contribution in [3.05, 3.63) is 53.0 Å². The molecule has 0 aliphatic heterocycles. The van der Waals surface area contributed by atoms with E-state index < -0.39 is 0 Å². The number of hydrogen-bond acceptors (Lipinski definition) is 6. The monoisotopic (exact) mass is 429 g/mol. The minimum Gasteiger partial charge on any atom is -0.347 e. The quantitative estimate of drug-likeness (QED) is 0.530. The topological polar surface area (TPSA) is 88.9 Å². The van der Waals surface area contributed by atoms with E-state index in [2.05, 4.69) is 34.7 Å². The Morgan fingerprint density at radius 1 is 1.24 bits per heavy atom. The summed E-state index contributed by atoms with van der Waals surface area (Å²) in [6, 6.07) is 11.4. The molecule has 9 heteroatoms. The summed E-state index contributed by atoms with van der Waals surface area (Å²) >= 11 is 2.97. The van der Waals surface area contributed by atoms with Gasteiger partial charge in [-0.2, -0.15) is 0 Å². The Morgan fingerprint density at radius 2 is 2.07 bits per heavy atom. The number of thiophene rings is 1. The zero-order valence-corrected chi connectivity index (χ0v) is 18.1. The van der Waals surface area contributed by atoms with Crippen molar-refractivity contribution in [2.75, 3.05) is 11.1 Å². The molecule has 0 aliphatic rings. The maximum atomic E-state index is 12.5. The lowest BCUT2D eigenvalue weighted by atomic mass is 10.0. The Hall–Kier alpha value is -2.65. The minimum absolute atomic E-state index is 0.00435. The van der Waals surface area contributed by atoms with Gasteiger partial charge >= 0.3 is 0 Å². The predicted octanol–water partition coefficient (Wildman–Crippen LogP) is 3.89. The molecule has 1 atom stereocenters. The number of rotatable bonds is 8. The first kappa shape index (κ1) is 21.1. The third-order valence-corrected chi connectivity index (χ3v) is 6.02. The molecule has 0 aliphatic carbocycles. The SMILES string of the molecule is CC(=O)Nc1cccc(-n2cnnc2SCC(=O)N[C@H](c2cccs2)C(C)C)c1. The van der Waals surface area contributed by atoms with Crippen molar-refractivity contribution >= 4 is 40.6 Å². The number of hydrogen-bond donors (Lipinski definition) is 2. The second-order valence-corrected chi connectivity index (χ2v) is 8.73. The van der Waals surface area contributed by atoms with Crippen LogP contribution in [0.2, 0.25) is 0 Å². The van der Waals surface area contributed by atoms with E-state index in [0.717, 1.165) is 10.6 Å². The molecule has 0 fully saturated rings. The fourth-order valence-corrected chi connectivity index (χ4v) is 4.51. The molecule has 0 bridgehead atoms. The van der Waals surface area contributed by atoms with E-state index >= 15 is 0 Å². The van der Waals surface area contributed by atoms with Gasteiger partial charge in [0.15, 0.2) is 5.16 Å². The Kier molecular flexibility index (Phi) is 7.05. The minimum atomic E-state index is -0.136. The van der Waals surface area contributed by atoms with Crippen molar-refractivity contribution in [2.45, 2.75) is 32.0 Å². The van der Waals surface area contributed by atoms with Crippen molar-refractivity contribution in [1.82, 2.24) is 20.1 Å². The third-order valence-electron chi connectivity index (χ3n) is 4.13. The average Bonchev–Trinajstić information content (AvgIpc) is 3.35. The summed E-state index contributed by atoms with van der Waals surface area (Å²) in [5.74, 6) is 0.340. The van der Waals surface area contributed by atoms with E-state index in [1.54, 1.807) is 22.2 Å². The molecule has 2 N–H and O–H groups in total. The van der Waals surface area contributed by atoms with Crippen LogP contribution in [0.5, 0.6) is 0 Å². The molecule has 2 amide bonds. The van der Waals surface area contributed by atoms with Crippen LogP contribution in [0.15, 0.2) is 53.3 Å². The normalized spacial score (nSPS) is 12.0. The Morgan fingerprint density at radius 3 is 2.76 bits per heavy atom. The lowest BCUT2D eigenvalue weighted by molar-refractivity contribution is -0.119. The van der Waals surface area contributed by atoms with Gasteiger partial charge in [-0.1, -0.05) is 37.7 Å². The second-order valence-electron chi connectivity index (χ2n) is 6.81. The van der Waals surface area contributed by atoms with Crippen LogP contribution in [0.25, 0.3) is 5.69 Å². The van der Waals surface area contributed by atoms with E-state index in [1.807, 2.05) is 41.8 Å². The number of nitrogens with zero attached hydrogens (tertiary/aromatic N) is 3. The van der Waals surface area contributed by atoms with E-state index in [9.17, 15) is 9.59 Å². The van der Waals surface area contributed by atoms with Gasteiger partial charge in [0, 0.05) is 17.5 Å². The Labute approximate surface area is 177 Å². The zero-order valence-electron chi connectivity index (χ0n) is 16.5. The molecule has 7 nitrogen and oxygen atoms in total. The summed E-state index contributed by atoms with van der Waals surface area (Å²) in [5, 5.41) is 16.6. The smallest absolute Gasteiger partial charge is 0.230 e. The molecule has 0 radical (unpaired) electrons. The van der Waals surface area contributed by atoms with Crippen LogP contribution < -0.4 is 10.6 Å². The molecule has 0 unspecified atom stereocenters. The molecule has 1 aromatic carbocycles. The van der Waals surface area contributed by atoms with Gasteiger partial charge in [0.05, 0.1) is 17.5 Å².